The predicted molar refractivity (Wildman–Crippen MR) is 118 cm³/mol. The third-order valence-electron chi connectivity index (χ3n) is 5.22. The van der Waals surface area contributed by atoms with Crippen LogP contribution in [0.3, 0.4) is 0 Å². The molecule has 0 spiro atoms. The van der Waals surface area contributed by atoms with Crippen LogP contribution in [0, 0.1) is 0 Å². The first-order chi connectivity index (χ1) is 14.0. The summed E-state index contributed by atoms with van der Waals surface area (Å²) in [7, 11) is -3.40. The van der Waals surface area contributed by atoms with Crippen molar-refractivity contribution in [3.63, 3.8) is 0 Å². The summed E-state index contributed by atoms with van der Waals surface area (Å²) in [5, 5.41) is 1.78. The normalized spacial score (nSPS) is 18.9. The summed E-state index contributed by atoms with van der Waals surface area (Å²) in [6.07, 6.45) is 0.338. The van der Waals surface area contributed by atoms with Crippen molar-refractivity contribution < 1.29 is 13.2 Å². The third kappa shape index (κ3) is 4.25. The van der Waals surface area contributed by atoms with Crippen LogP contribution in [0.5, 0.6) is 0 Å². The van der Waals surface area contributed by atoms with E-state index < -0.39 is 15.1 Å². The van der Waals surface area contributed by atoms with Gasteiger partial charge in [0.05, 0.1) is 11.0 Å². The van der Waals surface area contributed by atoms with Gasteiger partial charge in [-0.05, 0) is 47.2 Å². The van der Waals surface area contributed by atoms with Crippen molar-refractivity contribution in [1.29, 1.82) is 0 Å². The highest BCUT2D eigenvalue weighted by molar-refractivity contribution is 7.91. The van der Waals surface area contributed by atoms with Gasteiger partial charge in [-0.25, -0.2) is 8.42 Å². The maximum Gasteiger partial charge on any atom is 0.253 e. The quantitative estimate of drug-likeness (QED) is 0.565. The van der Waals surface area contributed by atoms with E-state index in [0.717, 1.165) is 10.4 Å². The Morgan fingerprint density at radius 1 is 1.00 bits per heavy atom. The first-order valence-electron chi connectivity index (χ1n) is 9.35. The number of halogens is 1. The Morgan fingerprint density at radius 3 is 2.45 bits per heavy atom. The number of nitrogens with zero attached hydrogens (tertiary/aromatic N) is 1. The molecule has 1 saturated heterocycles. The van der Waals surface area contributed by atoms with Crippen LogP contribution in [0.15, 0.2) is 66.0 Å². The molecule has 1 unspecified atom stereocenters. The fraction of sp³-hybridized carbons (Fsp3) is 0.227. The molecule has 29 heavy (non-hydrogen) atoms. The lowest BCUT2D eigenvalue weighted by Crippen LogP contribution is -2.33. The molecule has 0 bridgehead atoms. The molecule has 0 N–H and O–H groups in total. The van der Waals surface area contributed by atoms with Crippen LogP contribution in [0.4, 0.5) is 0 Å². The number of rotatable bonds is 3. The Hall–Kier alpha value is -2.15. The smallest absolute Gasteiger partial charge is 0.253 e. The van der Waals surface area contributed by atoms with Gasteiger partial charge in [0.2, 0.25) is 0 Å². The number of amides is 1. The molecule has 1 aromatic heterocycles. The molecule has 1 fully saturated rings. The van der Waals surface area contributed by atoms with Crippen molar-refractivity contribution >= 4 is 38.7 Å². The largest absolute Gasteiger partial charge is 0.338 e. The minimum absolute atomic E-state index is 0.0676. The maximum atomic E-state index is 13.0. The Labute approximate surface area is 179 Å². The summed E-state index contributed by atoms with van der Waals surface area (Å²) in [5.74, 6) is -0.209. The molecule has 150 valence electrons. The van der Waals surface area contributed by atoms with Crippen LogP contribution in [-0.2, 0) is 9.84 Å². The van der Waals surface area contributed by atoms with E-state index in [1.54, 1.807) is 40.5 Å². The first kappa shape index (κ1) is 20.1. The molecule has 4 rings (SSSR count). The summed E-state index contributed by atoms with van der Waals surface area (Å²) >= 11 is 7.89. The van der Waals surface area contributed by atoms with Gasteiger partial charge in [0.25, 0.3) is 5.91 Å². The number of carbonyl (C=O) groups is 1. The zero-order valence-electron chi connectivity index (χ0n) is 15.6. The molecule has 2 heterocycles. The van der Waals surface area contributed by atoms with E-state index in [2.05, 4.69) is 0 Å². The Kier molecular flexibility index (Phi) is 5.76. The first-order valence-corrected chi connectivity index (χ1v) is 12.3. The minimum Gasteiger partial charge on any atom is -0.338 e. The molecule has 0 saturated carbocycles. The molecule has 2 aromatic carbocycles. The van der Waals surface area contributed by atoms with E-state index in [4.69, 9.17) is 11.6 Å². The predicted octanol–water partition coefficient (Wildman–Crippen LogP) is 5.07. The van der Waals surface area contributed by atoms with E-state index in [1.807, 2.05) is 41.8 Å². The maximum absolute atomic E-state index is 13.0. The highest BCUT2D eigenvalue weighted by Crippen LogP contribution is 2.34. The Morgan fingerprint density at radius 2 is 1.76 bits per heavy atom. The fourth-order valence-corrected chi connectivity index (χ4v) is 6.52. The van der Waals surface area contributed by atoms with Gasteiger partial charge in [0.1, 0.15) is 0 Å². The van der Waals surface area contributed by atoms with Crippen molar-refractivity contribution in [3.05, 3.63) is 82.2 Å². The van der Waals surface area contributed by atoms with Crippen LogP contribution in [0.1, 0.15) is 27.6 Å². The van der Waals surface area contributed by atoms with Gasteiger partial charge in [0.15, 0.2) is 9.84 Å². The lowest BCUT2D eigenvalue weighted by Gasteiger charge is -2.20. The van der Waals surface area contributed by atoms with E-state index >= 15 is 0 Å². The van der Waals surface area contributed by atoms with Gasteiger partial charge in [-0.2, -0.15) is 0 Å². The summed E-state index contributed by atoms with van der Waals surface area (Å²) in [6, 6.07) is 18.5. The topological polar surface area (TPSA) is 54.5 Å². The molecule has 3 aromatic rings. The Balaban J connectivity index is 1.53. The monoisotopic (exact) mass is 445 g/mol. The van der Waals surface area contributed by atoms with E-state index in [0.29, 0.717) is 29.1 Å². The van der Waals surface area contributed by atoms with Crippen LogP contribution in [-0.4, -0.2) is 38.1 Å². The average Bonchev–Trinajstić information content (AvgIpc) is 3.21. The van der Waals surface area contributed by atoms with Gasteiger partial charge in [-0.1, -0.05) is 48.0 Å². The van der Waals surface area contributed by atoms with Crippen molar-refractivity contribution in [2.24, 2.45) is 0 Å². The number of thiophene rings is 1. The highest BCUT2D eigenvalue weighted by Gasteiger charge is 2.33. The lowest BCUT2D eigenvalue weighted by atomic mass is 10.1. The second-order valence-electron chi connectivity index (χ2n) is 7.01. The Bertz CT molecular complexity index is 1110. The summed E-state index contributed by atoms with van der Waals surface area (Å²) in [4.78, 5) is 15.8. The molecule has 4 nitrogen and oxygen atoms in total. The van der Waals surface area contributed by atoms with Crippen LogP contribution in [0.2, 0.25) is 5.02 Å². The molecule has 1 aliphatic heterocycles. The number of benzene rings is 2. The third-order valence-corrected chi connectivity index (χ3v) is 8.59. The fourth-order valence-electron chi connectivity index (χ4n) is 3.63. The number of hydrogen-bond acceptors (Lipinski definition) is 4. The summed E-state index contributed by atoms with van der Waals surface area (Å²) in [6.45, 7) is 0.565. The zero-order chi connectivity index (χ0) is 20.4. The van der Waals surface area contributed by atoms with Crippen LogP contribution in [0.25, 0.3) is 10.4 Å². The molecule has 1 amide bonds. The molecule has 1 atom stereocenters. The van der Waals surface area contributed by atoms with Crippen molar-refractivity contribution in [1.82, 2.24) is 4.90 Å². The van der Waals surface area contributed by atoms with Gasteiger partial charge in [0, 0.05) is 28.6 Å². The molecule has 7 heteroatoms. The van der Waals surface area contributed by atoms with Crippen LogP contribution < -0.4 is 0 Å². The number of carbonyl (C=O) groups excluding carboxylic acids is 1. The lowest BCUT2D eigenvalue weighted by molar-refractivity contribution is 0.0766. The van der Waals surface area contributed by atoms with E-state index in [9.17, 15) is 13.2 Å². The van der Waals surface area contributed by atoms with Gasteiger partial charge in [-0.15, -0.1) is 11.3 Å². The molecule has 1 aliphatic rings. The van der Waals surface area contributed by atoms with Crippen molar-refractivity contribution in [3.8, 4) is 10.4 Å². The second-order valence-corrected chi connectivity index (χ2v) is 10.7. The second kappa shape index (κ2) is 8.30. The SMILES string of the molecule is O=C(c1ccc(-c2cccs2)cc1)N1CCC(c2ccccc2Cl)S(=O)(=O)CC1. The van der Waals surface area contributed by atoms with Crippen molar-refractivity contribution in [2.75, 3.05) is 18.8 Å². The summed E-state index contributed by atoms with van der Waals surface area (Å²) < 4.78 is 25.7. The zero-order valence-corrected chi connectivity index (χ0v) is 18.0. The minimum atomic E-state index is -3.40. The van der Waals surface area contributed by atoms with E-state index in [-0.39, 0.29) is 18.2 Å². The van der Waals surface area contributed by atoms with E-state index in [1.165, 1.54) is 0 Å². The average molecular weight is 446 g/mol. The highest BCUT2D eigenvalue weighted by atomic mass is 35.5. The number of hydrogen-bond donors (Lipinski definition) is 0. The van der Waals surface area contributed by atoms with Gasteiger partial charge in [-0.3, -0.25) is 4.79 Å². The molecule has 0 aliphatic carbocycles. The summed E-state index contributed by atoms with van der Waals surface area (Å²) in [5.41, 5.74) is 2.25. The molecule has 0 radical (unpaired) electrons. The molecular weight excluding hydrogens is 426 g/mol. The van der Waals surface area contributed by atoms with Gasteiger partial charge >= 0.3 is 0 Å². The van der Waals surface area contributed by atoms with Crippen LogP contribution >= 0.6 is 22.9 Å². The molecular formula is C22H20ClNO3S2. The number of sulfone groups is 1. The van der Waals surface area contributed by atoms with Gasteiger partial charge < -0.3 is 4.90 Å². The van der Waals surface area contributed by atoms with Crippen molar-refractivity contribution in [2.45, 2.75) is 11.7 Å². The standard InChI is InChI=1S/C22H20ClNO3S2/c23-19-5-2-1-4-18(19)21-11-12-24(13-15-29(21,26)27)22(25)17-9-7-16(8-10-17)20-6-3-14-28-20/h1-10,14,21H,11-13,15H2.